The molecule has 1 aromatic carbocycles. The van der Waals surface area contributed by atoms with Gasteiger partial charge in [0.1, 0.15) is 5.75 Å². The fourth-order valence-corrected chi connectivity index (χ4v) is 1.34. The first-order chi connectivity index (χ1) is 6.09. The first-order valence-electron chi connectivity index (χ1n) is 3.98. The summed E-state index contributed by atoms with van der Waals surface area (Å²) in [7, 11) is 3.88. The topological polar surface area (TPSA) is 35.5 Å². The molecule has 3 nitrogen and oxygen atoms in total. The number of hydrazine groups is 1. The van der Waals surface area contributed by atoms with Crippen molar-refractivity contribution in [1.82, 2.24) is 10.4 Å². The van der Waals surface area contributed by atoms with Crippen LogP contribution in [0.5, 0.6) is 5.75 Å². The van der Waals surface area contributed by atoms with E-state index in [1.807, 2.05) is 31.2 Å². The monoisotopic (exact) mass is 244 g/mol. The molecule has 0 unspecified atom stereocenters. The van der Waals surface area contributed by atoms with Crippen molar-refractivity contribution >= 4 is 15.9 Å². The number of hydrogen-bond acceptors (Lipinski definition) is 3. The van der Waals surface area contributed by atoms with E-state index in [-0.39, 0.29) is 5.75 Å². The fraction of sp³-hybridized carbons (Fsp3) is 0.333. The average molecular weight is 245 g/mol. The first kappa shape index (κ1) is 10.5. The molecule has 0 fully saturated rings. The Morgan fingerprint density at radius 2 is 2.15 bits per heavy atom. The van der Waals surface area contributed by atoms with Crippen molar-refractivity contribution in [1.29, 1.82) is 0 Å². The number of hydrogen-bond donors (Lipinski definition) is 2. The molecule has 13 heavy (non-hydrogen) atoms. The smallest absolute Gasteiger partial charge is 0.129 e. The van der Waals surface area contributed by atoms with Gasteiger partial charge in [-0.05, 0) is 33.6 Å². The predicted molar refractivity (Wildman–Crippen MR) is 56.3 cm³/mol. The number of aromatic hydroxyl groups is 1. The van der Waals surface area contributed by atoms with Crippen molar-refractivity contribution in [2.24, 2.45) is 0 Å². The lowest BCUT2D eigenvalue weighted by molar-refractivity contribution is 0.286. The molecule has 4 heteroatoms. The average Bonchev–Trinajstić information content (AvgIpc) is 2.07. The first-order valence-corrected chi connectivity index (χ1v) is 4.77. The van der Waals surface area contributed by atoms with E-state index in [2.05, 4.69) is 21.4 Å². The second-order valence-corrected chi connectivity index (χ2v) is 3.87. The maximum absolute atomic E-state index is 9.24. The summed E-state index contributed by atoms with van der Waals surface area (Å²) in [6.45, 7) is 0.756. The highest BCUT2D eigenvalue weighted by atomic mass is 79.9. The molecule has 0 atom stereocenters. The third-order valence-corrected chi connectivity index (χ3v) is 2.25. The highest BCUT2D eigenvalue weighted by Crippen LogP contribution is 2.23. The largest absolute Gasteiger partial charge is 0.507 e. The lowest BCUT2D eigenvalue weighted by Crippen LogP contribution is -2.29. The molecule has 0 aliphatic heterocycles. The number of nitrogens with zero attached hydrogens (tertiary/aromatic N) is 1. The third kappa shape index (κ3) is 3.34. The van der Waals surface area contributed by atoms with Gasteiger partial charge in [-0.15, -0.1) is 0 Å². The van der Waals surface area contributed by atoms with Gasteiger partial charge in [-0.3, -0.25) is 10.4 Å². The van der Waals surface area contributed by atoms with Crippen LogP contribution in [0.4, 0.5) is 0 Å². The summed E-state index contributed by atoms with van der Waals surface area (Å²) in [6, 6.07) is 5.46. The molecule has 0 aromatic heterocycles. The SMILES string of the molecule is CN(C)NCc1ccc(O)c(Br)c1. The Labute approximate surface area is 86.5 Å². The summed E-state index contributed by atoms with van der Waals surface area (Å²) >= 11 is 3.26. The van der Waals surface area contributed by atoms with Crippen molar-refractivity contribution < 1.29 is 5.11 Å². The van der Waals surface area contributed by atoms with Crippen LogP contribution in [0, 0.1) is 0 Å². The molecular formula is C9H13BrN2O. The molecule has 0 bridgehead atoms. The highest BCUT2D eigenvalue weighted by Gasteiger charge is 1.99. The number of nitrogens with one attached hydrogen (secondary N) is 1. The van der Waals surface area contributed by atoms with Crippen molar-refractivity contribution in [3.63, 3.8) is 0 Å². The Hall–Kier alpha value is -0.580. The summed E-state index contributed by atoms with van der Waals surface area (Å²) in [5.74, 6) is 0.272. The molecule has 0 spiro atoms. The second kappa shape index (κ2) is 4.60. The Balaban J connectivity index is 2.63. The Morgan fingerprint density at radius 1 is 1.46 bits per heavy atom. The van der Waals surface area contributed by atoms with E-state index in [9.17, 15) is 5.11 Å². The number of phenols is 1. The van der Waals surface area contributed by atoms with Crippen molar-refractivity contribution in [2.75, 3.05) is 14.1 Å². The van der Waals surface area contributed by atoms with Crippen molar-refractivity contribution in [3.8, 4) is 5.75 Å². The van der Waals surface area contributed by atoms with E-state index in [1.165, 1.54) is 0 Å². The molecule has 72 valence electrons. The summed E-state index contributed by atoms with van der Waals surface area (Å²) < 4.78 is 0.727. The quantitative estimate of drug-likeness (QED) is 0.796. The van der Waals surface area contributed by atoms with Gasteiger partial charge in [0.15, 0.2) is 0 Å². The van der Waals surface area contributed by atoms with Gasteiger partial charge in [-0.2, -0.15) is 0 Å². The Morgan fingerprint density at radius 3 is 2.69 bits per heavy atom. The van der Waals surface area contributed by atoms with Crippen LogP contribution in [0.3, 0.4) is 0 Å². The van der Waals surface area contributed by atoms with Crippen LogP contribution in [0.15, 0.2) is 22.7 Å². The summed E-state index contributed by atoms with van der Waals surface area (Å²) in [5.41, 5.74) is 4.26. The molecule has 0 amide bonds. The fourth-order valence-electron chi connectivity index (χ4n) is 0.910. The van der Waals surface area contributed by atoms with Crippen LogP contribution in [0.25, 0.3) is 0 Å². The summed E-state index contributed by atoms with van der Waals surface area (Å²) in [6.07, 6.45) is 0. The van der Waals surface area contributed by atoms with Gasteiger partial charge in [-0.1, -0.05) is 6.07 Å². The van der Waals surface area contributed by atoms with Crippen LogP contribution >= 0.6 is 15.9 Å². The van der Waals surface area contributed by atoms with Crippen LogP contribution < -0.4 is 5.43 Å². The summed E-state index contributed by atoms with van der Waals surface area (Å²) in [4.78, 5) is 0. The molecule has 1 aromatic rings. The van der Waals surface area contributed by atoms with E-state index in [0.29, 0.717) is 0 Å². The molecule has 0 saturated carbocycles. The van der Waals surface area contributed by atoms with Crippen molar-refractivity contribution in [3.05, 3.63) is 28.2 Å². The van der Waals surface area contributed by atoms with Crippen LogP contribution in [-0.4, -0.2) is 24.2 Å². The second-order valence-electron chi connectivity index (χ2n) is 3.02. The minimum atomic E-state index is 0.272. The Kier molecular flexibility index (Phi) is 3.71. The minimum Gasteiger partial charge on any atom is -0.507 e. The zero-order valence-electron chi connectivity index (χ0n) is 7.71. The molecule has 2 N–H and O–H groups in total. The molecule has 1 rings (SSSR count). The third-order valence-electron chi connectivity index (χ3n) is 1.61. The minimum absolute atomic E-state index is 0.272. The molecular weight excluding hydrogens is 232 g/mol. The molecule has 0 heterocycles. The van der Waals surface area contributed by atoms with E-state index in [0.717, 1.165) is 16.6 Å². The maximum Gasteiger partial charge on any atom is 0.129 e. The van der Waals surface area contributed by atoms with E-state index in [1.54, 1.807) is 6.07 Å². The van der Waals surface area contributed by atoms with Crippen LogP contribution in [0.1, 0.15) is 5.56 Å². The van der Waals surface area contributed by atoms with Gasteiger partial charge in [0, 0.05) is 20.6 Å². The van der Waals surface area contributed by atoms with Crippen molar-refractivity contribution in [2.45, 2.75) is 6.54 Å². The molecule has 0 aliphatic carbocycles. The highest BCUT2D eigenvalue weighted by molar-refractivity contribution is 9.10. The zero-order valence-corrected chi connectivity index (χ0v) is 9.30. The lowest BCUT2D eigenvalue weighted by Gasteiger charge is -2.11. The van der Waals surface area contributed by atoms with Crippen LogP contribution in [-0.2, 0) is 6.54 Å². The normalized spacial score (nSPS) is 10.8. The number of phenolic OH excluding ortho intramolecular Hbond substituents is 1. The number of benzene rings is 1. The van der Waals surface area contributed by atoms with Crippen LogP contribution in [0.2, 0.25) is 0 Å². The van der Waals surface area contributed by atoms with Gasteiger partial charge < -0.3 is 5.11 Å². The lowest BCUT2D eigenvalue weighted by atomic mass is 10.2. The zero-order chi connectivity index (χ0) is 9.84. The molecule has 0 aliphatic rings. The van der Waals surface area contributed by atoms with E-state index >= 15 is 0 Å². The molecule has 0 saturated heterocycles. The maximum atomic E-state index is 9.24. The van der Waals surface area contributed by atoms with Gasteiger partial charge in [0.25, 0.3) is 0 Å². The van der Waals surface area contributed by atoms with Gasteiger partial charge >= 0.3 is 0 Å². The van der Waals surface area contributed by atoms with E-state index in [4.69, 9.17) is 0 Å². The number of rotatable bonds is 3. The standard InChI is InChI=1S/C9H13BrN2O/c1-12(2)11-6-7-3-4-9(13)8(10)5-7/h3-5,11,13H,6H2,1-2H3. The van der Waals surface area contributed by atoms with Gasteiger partial charge in [-0.25, -0.2) is 0 Å². The number of halogens is 1. The van der Waals surface area contributed by atoms with Gasteiger partial charge in [0.2, 0.25) is 0 Å². The predicted octanol–water partition coefficient (Wildman–Crippen LogP) is 1.72. The molecule has 0 radical (unpaired) electrons. The van der Waals surface area contributed by atoms with Gasteiger partial charge in [0.05, 0.1) is 4.47 Å². The van der Waals surface area contributed by atoms with E-state index < -0.39 is 0 Å². The summed E-state index contributed by atoms with van der Waals surface area (Å²) in [5, 5.41) is 11.1. The Bertz CT molecular complexity index is 289.